The van der Waals surface area contributed by atoms with Gasteiger partial charge in [0.15, 0.2) is 0 Å². The molecule has 19 heavy (non-hydrogen) atoms. The molecular formula is C15H26N4. The third kappa shape index (κ3) is 3.30. The van der Waals surface area contributed by atoms with Gasteiger partial charge in [0.25, 0.3) is 0 Å². The molecule has 4 nitrogen and oxygen atoms in total. The Balaban J connectivity index is 1.59. The highest BCUT2D eigenvalue weighted by molar-refractivity contribution is 5.32. The quantitative estimate of drug-likeness (QED) is 0.885. The zero-order chi connectivity index (χ0) is 13.2. The van der Waals surface area contributed by atoms with Gasteiger partial charge in [-0.25, -0.2) is 4.98 Å². The van der Waals surface area contributed by atoms with Crippen molar-refractivity contribution in [2.24, 2.45) is 5.92 Å². The van der Waals surface area contributed by atoms with E-state index >= 15 is 0 Å². The molecule has 0 unspecified atom stereocenters. The molecule has 0 radical (unpaired) electrons. The van der Waals surface area contributed by atoms with Crippen molar-refractivity contribution >= 4 is 5.95 Å². The molecule has 1 aromatic heterocycles. The van der Waals surface area contributed by atoms with Gasteiger partial charge in [-0.15, -0.1) is 0 Å². The first kappa shape index (κ1) is 13.0. The lowest BCUT2D eigenvalue weighted by Gasteiger charge is -2.31. The predicted molar refractivity (Wildman–Crippen MR) is 78.4 cm³/mol. The molecule has 1 aromatic rings. The van der Waals surface area contributed by atoms with Crippen molar-refractivity contribution in [1.29, 1.82) is 0 Å². The monoisotopic (exact) mass is 262 g/mol. The van der Waals surface area contributed by atoms with Crippen LogP contribution >= 0.6 is 0 Å². The lowest BCUT2D eigenvalue weighted by atomic mass is 9.97. The number of hydrogen-bond donors (Lipinski definition) is 1. The lowest BCUT2D eigenvalue weighted by molar-refractivity contribution is 0.181. The Kier molecular flexibility index (Phi) is 3.78. The summed E-state index contributed by atoms with van der Waals surface area (Å²) < 4.78 is 2.35. The van der Waals surface area contributed by atoms with E-state index in [1.807, 2.05) is 0 Å². The summed E-state index contributed by atoms with van der Waals surface area (Å²) in [6.45, 7) is 9.21. The van der Waals surface area contributed by atoms with E-state index in [9.17, 15) is 0 Å². The Morgan fingerprint density at radius 1 is 1.26 bits per heavy atom. The second-order valence-electron chi connectivity index (χ2n) is 6.15. The molecular weight excluding hydrogens is 236 g/mol. The molecule has 1 N–H and O–H groups in total. The van der Waals surface area contributed by atoms with Crippen molar-refractivity contribution in [1.82, 2.24) is 14.5 Å². The van der Waals surface area contributed by atoms with Crippen LogP contribution in [0.5, 0.6) is 0 Å². The third-order valence-corrected chi connectivity index (χ3v) is 4.42. The standard InChI is InChI=1S/C15H26N4/c1-3-18-8-6-13(7-9-18)11-19-10-12(2)16-15(19)17-14-4-5-14/h10,13-14H,3-9,11H2,1-2H3,(H,16,17). The van der Waals surface area contributed by atoms with Gasteiger partial charge >= 0.3 is 0 Å². The van der Waals surface area contributed by atoms with Gasteiger partial charge in [-0.3, -0.25) is 0 Å². The Labute approximate surface area is 116 Å². The van der Waals surface area contributed by atoms with Gasteiger partial charge in [-0.05, 0) is 58.2 Å². The molecule has 0 amide bonds. The molecule has 0 spiro atoms. The molecule has 3 rings (SSSR count). The highest BCUT2D eigenvalue weighted by Gasteiger charge is 2.24. The first-order valence-electron chi connectivity index (χ1n) is 7.77. The Morgan fingerprint density at radius 2 is 2.00 bits per heavy atom. The van der Waals surface area contributed by atoms with Crippen molar-refractivity contribution in [3.8, 4) is 0 Å². The molecule has 4 heteroatoms. The van der Waals surface area contributed by atoms with Gasteiger partial charge in [0.05, 0.1) is 5.69 Å². The van der Waals surface area contributed by atoms with E-state index in [-0.39, 0.29) is 0 Å². The second kappa shape index (κ2) is 5.53. The van der Waals surface area contributed by atoms with E-state index in [0.717, 1.165) is 24.1 Å². The smallest absolute Gasteiger partial charge is 0.203 e. The first-order chi connectivity index (χ1) is 9.24. The van der Waals surface area contributed by atoms with Gasteiger partial charge in [-0.1, -0.05) is 6.92 Å². The normalized spacial score (nSPS) is 21.8. The second-order valence-corrected chi connectivity index (χ2v) is 6.15. The summed E-state index contributed by atoms with van der Waals surface area (Å²) in [7, 11) is 0. The molecule has 0 aromatic carbocycles. The van der Waals surface area contributed by atoms with Gasteiger partial charge in [0.2, 0.25) is 5.95 Å². The molecule has 1 aliphatic carbocycles. The number of piperidine rings is 1. The number of nitrogens with one attached hydrogen (secondary N) is 1. The minimum atomic E-state index is 0.683. The number of rotatable bonds is 5. The minimum Gasteiger partial charge on any atom is -0.353 e. The molecule has 0 atom stereocenters. The highest BCUT2D eigenvalue weighted by atomic mass is 15.2. The summed E-state index contributed by atoms with van der Waals surface area (Å²) in [5.74, 6) is 1.91. The van der Waals surface area contributed by atoms with Gasteiger partial charge in [-0.2, -0.15) is 0 Å². The fourth-order valence-electron chi connectivity index (χ4n) is 2.97. The van der Waals surface area contributed by atoms with Crippen LogP contribution in [0, 0.1) is 12.8 Å². The van der Waals surface area contributed by atoms with Crippen LogP contribution in [-0.4, -0.2) is 40.1 Å². The number of hydrogen-bond acceptors (Lipinski definition) is 3. The van der Waals surface area contributed by atoms with Crippen LogP contribution in [-0.2, 0) is 6.54 Å². The third-order valence-electron chi connectivity index (χ3n) is 4.42. The SMILES string of the molecule is CCN1CCC(Cn2cc(C)nc2NC2CC2)CC1. The molecule has 2 aliphatic rings. The Bertz CT molecular complexity index is 414. The van der Waals surface area contributed by atoms with Crippen LogP contribution in [0.25, 0.3) is 0 Å². The maximum atomic E-state index is 4.63. The summed E-state index contributed by atoms with van der Waals surface area (Å²) in [6.07, 6.45) is 7.47. The molecule has 2 heterocycles. The topological polar surface area (TPSA) is 33.1 Å². The van der Waals surface area contributed by atoms with Gasteiger partial charge < -0.3 is 14.8 Å². The highest BCUT2D eigenvalue weighted by Crippen LogP contribution is 2.26. The van der Waals surface area contributed by atoms with Crippen LogP contribution in [0.4, 0.5) is 5.95 Å². The molecule has 1 saturated carbocycles. The van der Waals surface area contributed by atoms with Crippen LogP contribution in [0.1, 0.15) is 38.3 Å². The van der Waals surface area contributed by atoms with Crippen LogP contribution in [0.3, 0.4) is 0 Å². The van der Waals surface area contributed by atoms with Gasteiger partial charge in [0.1, 0.15) is 0 Å². The van der Waals surface area contributed by atoms with Crippen molar-refractivity contribution in [2.75, 3.05) is 25.0 Å². The molecule has 106 valence electrons. The average molecular weight is 262 g/mol. The van der Waals surface area contributed by atoms with Crippen molar-refractivity contribution in [2.45, 2.75) is 52.1 Å². The summed E-state index contributed by atoms with van der Waals surface area (Å²) in [4.78, 5) is 7.18. The maximum Gasteiger partial charge on any atom is 0.203 e. The Hall–Kier alpha value is -1.03. The summed E-state index contributed by atoms with van der Waals surface area (Å²) >= 11 is 0. The van der Waals surface area contributed by atoms with Crippen LogP contribution < -0.4 is 5.32 Å². The molecule has 1 aliphatic heterocycles. The number of aryl methyl sites for hydroxylation is 1. The first-order valence-corrected chi connectivity index (χ1v) is 7.77. The summed E-state index contributed by atoms with van der Waals surface area (Å²) in [6, 6.07) is 0.683. The number of likely N-dealkylation sites (tertiary alicyclic amines) is 1. The van der Waals surface area contributed by atoms with Gasteiger partial charge in [0, 0.05) is 18.8 Å². The number of anilines is 1. The Morgan fingerprint density at radius 3 is 2.63 bits per heavy atom. The molecule has 2 fully saturated rings. The molecule has 1 saturated heterocycles. The predicted octanol–water partition coefficient (Wildman–Crippen LogP) is 2.50. The van der Waals surface area contributed by atoms with E-state index in [0.29, 0.717) is 6.04 Å². The van der Waals surface area contributed by atoms with E-state index < -0.39 is 0 Å². The van der Waals surface area contributed by atoms with Crippen molar-refractivity contribution in [3.05, 3.63) is 11.9 Å². The van der Waals surface area contributed by atoms with Crippen molar-refractivity contribution < 1.29 is 0 Å². The fourth-order valence-corrected chi connectivity index (χ4v) is 2.97. The molecule has 0 bridgehead atoms. The lowest BCUT2D eigenvalue weighted by Crippen LogP contribution is -2.34. The minimum absolute atomic E-state index is 0.683. The van der Waals surface area contributed by atoms with E-state index in [4.69, 9.17) is 0 Å². The number of imidazole rings is 1. The average Bonchev–Trinajstić information content (AvgIpc) is 3.15. The number of nitrogens with zero attached hydrogens (tertiary/aromatic N) is 3. The van der Waals surface area contributed by atoms with Crippen LogP contribution in [0.2, 0.25) is 0 Å². The fraction of sp³-hybridized carbons (Fsp3) is 0.800. The maximum absolute atomic E-state index is 4.63. The van der Waals surface area contributed by atoms with E-state index in [1.165, 1.54) is 45.3 Å². The van der Waals surface area contributed by atoms with Crippen molar-refractivity contribution in [3.63, 3.8) is 0 Å². The zero-order valence-electron chi connectivity index (χ0n) is 12.2. The van der Waals surface area contributed by atoms with E-state index in [1.54, 1.807) is 0 Å². The number of aromatic nitrogens is 2. The van der Waals surface area contributed by atoms with E-state index in [2.05, 4.69) is 39.8 Å². The van der Waals surface area contributed by atoms with Crippen LogP contribution in [0.15, 0.2) is 6.20 Å². The summed E-state index contributed by atoms with van der Waals surface area (Å²) in [5, 5.41) is 3.56. The summed E-state index contributed by atoms with van der Waals surface area (Å²) in [5.41, 5.74) is 1.13. The zero-order valence-corrected chi connectivity index (χ0v) is 12.2. The largest absolute Gasteiger partial charge is 0.353 e.